The van der Waals surface area contributed by atoms with Crippen molar-refractivity contribution in [1.82, 2.24) is 14.9 Å². The van der Waals surface area contributed by atoms with Gasteiger partial charge in [-0.25, -0.2) is 4.98 Å². The zero-order valence-electron chi connectivity index (χ0n) is 17.2. The number of nitrogens with one attached hydrogen (secondary N) is 1. The molecule has 7 nitrogen and oxygen atoms in total. The van der Waals surface area contributed by atoms with Gasteiger partial charge in [-0.15, -0.1) is 0 Å². The molecule has 0 atom stereocenters. The van der Waals surface area contributed by atoms with Crippen LogP contribution in [0.15, 0.2) is 54.7 Å². The van der Waals surface area contributed by atoms with Crippen LogP contribution in [-0.4, -0.2) is 54.5 Å². The van der Waals surface area contributed by atoms with E-state index in [1.165, 1.54) is 5.69 Å². The van der Waals surface area contributed by atoms with Gasteiger partial charge in [-0.2, -0.15) is 0 Å². The van der Waals surface area contributed by atoms with Gasteiger partial charge < -0.3 is 19.9 Å². The lowest BCUT2D eigenvalue weighted by molar-refractivity contribution is -0.105. The number of benzene rings is 1. The zero-order chi connectivity index (χ0) is 20.9. The summed E-state index contributed by atoms with van der Waals surface area (Å²) in [6.07, 6.45) is 2.34. The SMILES string of the molecule is Cc1nc(NC=O)ccc1Oc1ccnc(-c2ccc(N3CCN(C)CC3)cc2)c1. The number of aromatic nitrogens is 2. The second kappa shape index (κ2) is 8.92. The van der Waals surface area contributed by atoms with Gasteiger partial charge in [0, 0.05) is 49.7 Å². The van der Waals surface area contributed by atoms with E-state index in [-0.39, 0.29) is 0 Å². The van der Waals surface area contributed by atoms with E-state index in [1.54, 1.807) is 18.3 Å². The Balaban J connectivity index is 1.49. The van der Waals surface area contributed by atoms with Crippen LogP contribution in [0.1, 0.15) is 5.69 Å². The molecule has 1 saturated heterocycles. The van der Waals surface area contributed by atoms with Crippen LogP contribution in [0, 0.1) is 6.92 Å². The first-order chi connectivity index (χ1) is 14.6. The summed E-state index contributed by atoms with van der Waals surface area (Å²) in [7, 11) is 2.16. The van der Waals surface area contributed by atoms with Gasteiger partial charge in [0.15, 0.2) is 0 Å². The van der Waals surface area contributed by atoms with Crippen molar-refractivity contribution in [2.24, 2.45) is 0 Å². The molecule has 1 aliphatic rings. The highest BCUT2D eigenvalue weighted by molar-refractivity contribution is 5.69. The van der Waals surface area contributed by atoms with Crippen LogP contribution >= 0.6 is 0 Å². The van der Waals surface area contributed by atoms with Gasteiger partial charge in [0.2, 0.25) is 6.41 Å². The predicted octanol–water partition coefficient (Wildman–Crippen LogP) is 3.56. The Morgan fingerprint density at radius 3 is 2.50 bits per heavy atom. The molecule has 4 rings (SSSR count). The molecule has 30 heavy (non-hydrogen) atoms. The number of rotatable bonds is 6. The van der Waals surface area contributed by atoms with Crippen molar-refractivity contribution in [2.45, 2.75) is 6.92 Å². The maximum atomic E-state index is 10.6. The van der Waals surface area contributed by atoms with Crippen molar-refractivity contribution >= 4 is 17.9 Å². The van der Waals surface area contributed by atoms with E-state index in [9.17, 15) is 4.79 Å². The average Bonchev–Trinajstić information content (AvgIpc) is 2.77. The van der Waals surface area contributed by atoms with E-state index >= 15 is 0 Å². The zero-order valence-corrected chi connectivity index (χ0v) is 17.2. The summed E-state index contributed by atoms with van der Waals surface area (Å²) in [5.74, 6) is 1.81. The number of ether oxygens (including phenoxy) is 1. The fourth-order valence-corrected chi connectivity index (χ4v) is 3.46. The van der Waals surface area contributed by atoms with E-state index in [4.69, 9.17) is 4.74 Å². The lowest BCUT2D eigenvalue weighted by Gasteiger charge is -2.34. The maximum absolute atomic E-state index is 10.6. The third-order valence-electron chi connectivity index (χ3n) is 5.23. The fourth-order valence-electron chi connectivity index (χ4n) is 3.46. The van der Waals surface area contributed by atoms with Gasteiger partial charge >= 0.3 is 0 Å². The first-order valence-electron chi connectivity index (χ1n) is 9.98. The molecular weight excluding hydrogens is 378 g/mol. The number of hydrogen-bond donors (Lipinski definition) is 1. The minimum atomic E-state index is 0.491. The second-order valence-electron chi connectivity index (χ2n) is 7.36. The quantitative estimate of drug-likeness (QED) is 0.635. The lowest BCUT2D eigenvalue weighted by atomic mass is 10.1. The number of piperazine rings is 1. The van der Waals surface area contributed by atoms with Crippen molar-refractivity contribution < 1.29 is 9.53 Å². The molecule has 1 aliphatic heterocycles. The van der Waals surface area contributed by atoms with Gasteiger partial charge in [0.25, 0.3) is 0 Å². The number of hydrogen-bond acceptors (Lipinski definition) is 6. The first-order valence-corrected chi connectivity index (χ1v) is 9.98. The maximum Gasteiger partial charge on any atom is 0.212 e. The van der Waals surface area contributed by atoms with Gasteiger partial charge in [0.1, 0.15) is 17.3 Å². The first kappa shape index (κ1) is 19.8. The molecule has 7 heteroatoms. The van der Waals surface area contributed by atoms with E-state index in [0.29, 0.717) is 29.4 Å². The third kappa shape index (κ3) is 4.58. The molecule has 1 fully saturated rings. The molecule has 154 valence electrons. The van der Waals surface area contributed by atoms with Gasteiger partial charge in [0.05, 0.1) is 11.4 Å². The highest BCUT2D eigenvalue weighted by atomic mass is 16.5. The summed E-state index contributed by atoms with van der Waals surface area (Å²) < 4.78 is 6.00. The average molecular weight is 403 g/mol. The molecule has 1 N–H and O–H groups in total. The van der Waals surface area contributed by atoms with Crippen LogP contribution in [0.25, 0.3) is 11.3 Å². The summed E-state index contributed by atoms with van der Waals surface area (Å²) in [5.41, 5.74) is 3.82. The van der Waals surface area contributed by atoms with Crippen molar-refractivity contribution in [3.05, 3.63) is 60.4 Å². The highest BCUT2D eigenvalue weighted by Gasteiger charge is 2.14. The number of likely N-dealkylation sites (N-methyl/N-ethyl adjacent to an activating group) is 1. The molecular formula is C23H25N5O2. The second-order valence-corrected chi connectivity index (χ2v) is 7.36. The number of carbonyl (C=O) groups is 1. The van der Waals surface area contributed by atoms with Crippen LogP contribution in [0.4, 0.5) is 11.5 Å². The van der Waals surface area contributed by atoms with E-state index in [0.717, 1.165) is 37.4 Å². The van der Waals surface area contributed by atoms with Crippen LogP contribution < -0.4 is 15.0 Å². The Morgan fingerprint density at radius 2 is 1.80 bits per heavy atom. The molecule has 0 bridgehead atoms. The largest absolute Gasteiger partial charge is 0.455 e. The smallest absolute Gasteiger partial charge is 0.212 e. The molecule has 0 spiro atoms. The lowest BCUT2D eigenvalue weighted by Crippen LogP contribution is -2.44. The number of anilines is 2. The van der Waals surface area contributed by atoms with Gasteiger partial charge in [-0.3, -0.25) is 9.78 Å². The Morgan fingerprint density at radius 1 is 1.03 bits per heavy atom. The van der Waals surface area contributed by atoms with Crippen molar-refractivity contribution in [3.8, 4) is 22.8 Å². The number of amides is 1. The molecule has 0 unspecified atom stereocenters. The Bertz CT molecular complexity index is 1010. The van der Waals surface area contributed by atoms with Crippen molar-refractivity contribution in [3.63, 3.8) is 0 Å². The summed E-state index contributed by atoms with van der Waals surface area (Å²) in [6.45, 7) is 6.11. The molecule has 3 heterocycles. The molecule has 3 aromatic rings. The Kier molecular flexibility index (Phi) is 5.90. The van der Waals surface area contributed by atoms with E-state index < -0.39 is 0 Å². The third-order valence-corrected chi connectivity index (χ3v) is 5.23. The fraction of sp³-hybridized carbons (Fsp3) is 0.261. The van der Waals surface area contributed by atoms with Gasteiger partial charge in [-0.1, -0.05) is 12.1 Å². The van der Waals surface area contributed by atoms with Crippen LogP contribution in [0.5, 0.6) is 11.5 Å². The minimum absolute atomic E-state index is 0.491. The predicted molar refractivity (Wildman–Crippen MR) is 118 cm³/mol. The standard InChI is InChI=1S/C23H25N5O2/c1-17-22(7-8-23(26-17)25-16-29)30-20-9-10-24-21(15-20)18-3-5-19(6-4-18)28-13-11-27(2)12-14-28/h3-10,15-16H,11-14H2,1-2H3,(H,25,26,29). The van der Waals surface area contributed by atoms with Crippen LogP contribution in [-0.2, 0) is 4.79 Å². The number of aryl methyl sites for hydroxylation is 1. The molecule has 0 saturated carbocycles. The molecule has 0 radical (unpaired) electrons. The molecule has 0 aliphatic carbocycles. The summed E-state index contributed by atoms with van der Waals surface area (Å²) in [4.78, 5) is 24.1. The van der Waals surface area contributed by atoms with Gasteiger partial charge in [-0.05, 0) is 44.3 Å². The monoisotopic (exact) mass is 403 g/mol. The van der Waals surface area contributed by atoms with Crippen LogP contribution in [0.2, 0.25) is 0 Å². The number of nitrogens with zero attached hydrogens (tertiary/aromatic N) is 4. The molecule has 2 aromatic heterocycles. The van der Waals surface area contributed by atoms with Crippen LogP contribution in [0.3, 0.4) is 0 Å². The number of pyridine rings is 2. The van der Waals surface area contributed by atoms with E-state index in [1.807, 2.05) is 19.1 Å². The Labute approximate surface area is 176 Å². The highest BCUT2D eigenvalue weighted by Crippen LogP contribution is 2.29. The normalized spacial score (nSPS) is 14.4. The topological polar surface area (TPSA) is 70.6 Å². The summed E-state index contributed by atoms with van der Waals surface area (Å²) in [6, 6.07) is 15.8. The van der Waals surface area contributed by atoms with Crippen molar-refractivity contribution in [1.29, 1.82) is 0 Å². The Hall–Kier alpha value is -3.45. The molecule has 1 aromatic carbocycles. The summed E-state index contributed by atoms with van der Waals surface area (Å²) in [5, 5.41) is 2.54. The molecule has 1 amide bonds. The number of carbonyl (C=O) groups excluding carboxylic acids is 1. The minimum Gasteiger partial charge on any atom is -0.455 e. The van der Waals surface area contributed by atoms with E-state index in [2.05, 4.69) is 56.4 Å². The van der Waals surface area contributed by atoms with Crippen molar-refractivity contribution in [2.75, 3.05) is 43.4 Å². The summed E-state index contributed by atoms with van der Waals surface area (Å²) >= 11 is 0.